The van der Waals surface area contributed by atoms with Gasteiger partial charge in [0.05, 0.1) is 0 Å². The predicted molar refractivity (Wildman–Crippen MR) is 109 cm³/mol. The number of benzene rings is 3. The molecule has 0 atom stereocenters. The molecule has 0 saturated heterocycles. The zero-order chi connectivity index (χ0) is 18.9. The van der Waals surface area contributed by atoms with E-state index in [1.165, 1.54) is 34.2 Å². The van der Waals surface area contributed by atoms with Crippen molar-refractivity contribution < 1.29 is 4.42 Å². The summed E-state index contributed by atoms with van der Waals surface area (Å²) < 4.78 is 5.44. The summed E-state index contributed by atoms with van der Waals surface area (Å²) in [6.45, 7) is 6.60. The van der Waals surface area contributed by atoms with Crippen LogP contribution in [0.15, 0.2) is 83.6 Å². The lowest BCUT2D eigenvalue weighted by molar-refractivity contribution is 0.557. The molecule has 0 fully saturated rings. The summed E-state index contributed by atoms with van der Waals surface area (Å²) in [5, 5.41) is 7.92. The third-order valence-corrected chi connectivity index (χ3v) is 4.74. The van der Waals surface area contributed by atoms with Crippen LogP contribution in [-0.2, 0) is 5.41 Å². The molecule has 0 bridgehead atoms. The fourth-order valence-electron chi connectivity index (χ4n) is 3.31. The molecule has 4 rings (SSSR count). The van der Waals surface area contributed by atoms with Gasteiger partial charge in [-0.1, -0.05) is 81.4 Å². The van der Waals surface area contributed by atoms with Crippen LogP contribution < -0.4 is 0 Å². The van der Waals surface area contributed by atoms with E-state index in [4.69, 9.17) is 4.42 Å². The first-order valence-corrected chi connectivity index (χ1v) is 9.09. The molecule has 0 radical (unpaired) electrons. The summed E-state index contributed by atoms with van der Waals surface area (Å²) in [6, 6.07) is 25.6. The molecule has 27 heavy (non-hydrogen) atoms. The van der Waals surface area contributed by atoms with Gasteiger partial charge < -0.3 is 4.42 Å². The molecule has 0 spiro atoms. The maximum Gasteiger partial charge on any atom is 0.247 e. The first-order chi connectivity index (χ1) is 13.0. The van der Waals surface area contributed by atoms with Crippen molar-refractivity contribution in [1.29, 1.82) is 0 Å². The second-order valence-electron chi connectivity index (χ2n) is 7.70. The summed E-state index contributed by atoms with van der Waals surface area (Å²) >= 11 is 0. The van der Waals surface area contributed by atoms with Crippen molar-refractivity contribution in [1.82, 2.24) is 10.2 Å². The molecule has 4 aromatic rings. The summed E-state index contributed by atoms with van der Waals surface area (Å²) in [5.41, 5.74) is 6.97. The lowest BCUT2D eigenvalue weighted by atomic mass is 9.82. The molecule has 3 heteroatoms. The highest BCUT2D eigenvalue weighted by Crippen LogP contribution is 2.35. The average molecular weight is 354 g/mol. The van der Waals surface area contributed by atoms with Crippen LogP contribution in [0.25, 0.3) is 33.7 Å². The van der Waals surface area contributed by atoms with E-state index in [1.807, 2.05) is 6.07 Å². The van der Waals surface area contributed by atoms with Crippen molar-refractivity contribution in [3.8, 4) is 33.7 Å². The van der Waals surface area contributed by atoms with Gasteiger partial charge in [0.15, 0.2) is 0 Å². The highest BCUT2D eigenvalue weighted by molar-refractivity contribution is 5.74. The monoisotopic (exact) mass is 354 g/mol. The van der Waals surface area contributed by atoms with Gasteiger partial charge in [0, 0.05) is 5.56 Å². The highest BCUT2D eigenvalue weighted by atomic mass is 16.4. The Morgan fingerprint density at radius 2 is 1.30 bits per heavy atom. The average Bonchev–Trinajstić information content (AvgIpc) is 3.22. The molecule has 0 amide bonds. The number of hydrogen-bond acceptors (Lipinski definition) is 3. The van der Waals surface area contributed by atoms with Crippen LogP contribution in [0.4, 0.5) is 0 Å². The number of nitrogens with zero attached hydrogens (tertiary/aromatic N) is 2. The Balaban J connectivity index is 1.74. The molecule has 1 heterocycles. The van der Waals surface area contributed by atoms with Crippen LogP contribution >= 0.6 is 0 Å². The third-order valence-electron chi connectivity index (χ3n) is 4.74. The van der Waals surface area contributed by atoms with Gasteiger partial charge in [-0.05, 0) is 45.4 Å². The molecule has 1 aromatic heterocycles. The largest absolute Gasteiger partial charge is 0.423 e. The molecule has 0 N–H and O–H groups in total. The quantitative estimate of drug-likeness (QED) is 0.429. The molecule has 134 valence electrons. The maximum absolute atomic E-state index is 5.44. The maximum atomic E-state index is 5.44. The van der Waals surface area contributed by atoms with Gasteiger partial charge in [-0.3, -0.25) is 0 Å². The zero-order valence-corrected chi connectivity index (χ0v) is 15.8. The van der Waals surface area contributed by atoms with Crippen molar-refractivity contribution in [3.63, 3.8) is 0 Å². The van der Waals surface area contributed by atoms with Crippen LogP contribution in [0.5, 0.6) is 0 Å². The van der Waals surface area contributed by atoms with E-state index in [9.17, 15) is 0 Å². The molecule has 0 saturated carbocycles. The summed E-state index contributed by atoms with van der Waals surface area (Å²) in [7, 11) is 0. The lowest BCUT2D eigenvalue weighted by Gasteiger charge is -2.22. The van der Waals surface area contributed by atoms with E-state index in [2.05, 4.69) is 97.7 Å². The minimum Gasteiger partial charge on any atom is -0.423 e. The van der Waals surface area contributed by atoms with Crippen molar-refractivity contribution >= 4 is 0 Å². The Morgan fingerprint density at radius 3 is 1.89 bits per heavy atom. The van der Waals surface area contributed by atoms with E-state index in [0.717, 1.165) is 5.56 Å². The number of aromatic nitrogens is 2. The molecular formula is C24H22N2O. The van der Waals surface area contributed by atoms with Crippen LogP contribution in [-0.4, -0.2) is 10.2 Å². The van der Waals surface area contributed by atoms with Gasteiger partial charge in [0.2, 0.25) is 12.3 Å². The second kappa shape index (κ2) is 6.84. The topological polar surface area (TPSA) is 38.9 Å². The van der Waals surface area contributed by atoms with E-state index in [1.54, 1.807) is 0 Å². The van der Waals surface area contributed by atoms with E-state index in [-0.39, 0.29) is 5.41 Å². The van der Waals surface area contributed by atoms with Gasteiger partial charge in [0.25, 0.3) is 0 Å². The fourth-order valence-corrected chi connectivity index (χ4v) is 3.31. The first kappa shape index (κ1) is 17.2. The van der Waals surface area contributed by atoms with Crippen LogP contribution in [0.2, 0.25) is 0 Å². The minimum atomic E-state index is -0.0379. The van der Waals surface area contributed by atoms with Crippen LogP contribution in [0, 0.1) is 0 Å². The third kappa shape index (κ3) is 3.54. The molecule has 0 aliphatic carbocycles. The summed E-state index contributed by atoms with van der Waals surface area (Å²) in [6.07, 6.45) is 1.37. The first-order valence-electron chi connectivity index (χ1n) is 9.09. The smallest absolute Gasteiger partial charge is 0.247 e. The van der Waals surface area contributed by atoms with Gasteiger partial charge in [0.1, 0.15) is 0 Å². The number of rotatable bonds is 3. The lowest BCUT2D eigenvalue weighted by Crippen LogP contribution is -2.13. The standard InChI is InChI=1S/C24H22N2O/c1-24(2,3)22-15-20(13-14-21(22)23-26-25-16-27-23)19-11-9-18(10-12-19)17-7-5-4-6-8-17/h4-16H,1-3H3. The Bertz CT molecular complexity index is 1030. The van der Waals surface area contributed by atoms with Gasteiger partial charge in [-0.25, -0.2) is 0 Å². The van der Waals surface area contributed by atoms with E-state index >= 15 is 0 Å². The zero-order valence-electron chi connectivity index (χ0n) is 15.8. The molecular weight excluding hydrogens is 332 g/mol. The van der Waals surface area contributed by atoms with Crippen molar-refractivity contribution in [2.75, 3.05) is 0 Å². The van der Waals surface area contributed by atoms with Gasteiger partial charge in [-0.15, -0.1) is 10.2 Å². The molecule has 0 aliphatic heterocycles. The molecule has 0 aliphatic rings. The van der Waals surface area contributed by atoms with Crippen molar-refractivity contribution in [3.05, 3.63) is 84.8 Å². The van der Waals surface area contributed by atoms with E-state index < -0.39 is 0 Å². The Morgan fingerprint density at radius 1 is 0.704 bits per heavy atom. The van der Waals surface area contributed by atoms with Crippen molar-refractivity contribution in [2.24, 2.45) is 0 Å². The highest BCUT2D eigenvalue weighted by Gasteiger charge is 2.22. The van der Waals surface area contributed by atoms with Crippen LogP contribution in [0.3, 0.4) is 0 Å². The Kier molecular flexibility index (Phi) is 4.36. The molecule has 0 unspecified atom stereocenters. The predicted octanol–water partition coefficient (Wildman–Crippen LogP) is 6.37. The van der Waals surface area contributed by atoms with Crippen molar-refractivity contribution in [2.45, 2.75) is 26.2 Å². The Hall–Kier alpha value is -3.20. The summed E-state index contributed by atoms with van der Waals surface area (Å²) in [5.74, 6) is 0.561. The summed E-state index contributed by atoms with van der Waals surface area (Å²) in [4.78, 5) is 0. The second-order valence-corrected chi connectivity index (χ2v) is 7.70. The fraction of sp³-hybridized carbons (Fsp3) is 0.167. The van der Waals surface area contributed by atoms with Crippen LogP contribution in [0.1, 0.15) is 26.3 Å². The van der Waals surface area contributed by atoms with Gasteiger partial charge in [-0.2, -0.15) is 0 Å². The normalized spacial score (nSPS) is 11.5. The molecule has 3 nitrogen and oxygen atoms in total. The SMILES string of the molecule is CC(C)(C)c1cc(-c2ccc(-c3ccccc3)cc2)ccc1-c1nnco1. The minimum absolute atomic E-state index is 0.0379. The van der Waals surface area contributed by atoms with Gasteiger partial charge >= 0.3 is 0 Å². The number of hydrogen-bond donors (Lipinski definition) is 0. The Labute approximate surface area is 159 Å². The van der Waals surface area contributed by atoms with E-state index in [0.29, 0.717) is 5.89 Å². The molecule has 3 aromatic carbocycles.